The van der Waals surface area contributed by atoms with Crippen LogP contribution in [0.2, 0.25) is 5.02 Å². The van der Waals surface area contributed by atoms with Crippen LogP contribution in [0.5, 0.6) is 0 Å². The van der Waals surface area contributed by atoms with Crippen LogP contribution in [0.15, 0.2) is 24.3 Å². The molecule has 0 atom stereocenters. The Kier molecular flexibility index (Phi) is 5.55. The van der Waals surface area contributed by atoms with E-state index in [1.807, 2.05) is 0 Å². The number of carbonyl (C=O) groups is 1. The molecule has 0 radical (unpaired) electrons. The van der Waals surface area contributed by atoms with Crippen LogP contribution >= 0.6 is 11.6 Å². The summed E-state index contributed by atoms with van der Waals surface area (Å²) in [6.07, 6.45) is -9.79. The second kappa shape index (κ2) is 7.18. The molecule has 0 unspecified atom stereocenters. The van der Waals surface area contributed by atoms with Crippen molar-refractivity contribution in [2.45, 2.75) is 32.2 Å². The average molecular weight is 400 g/mol. The van der Waals surface area contributed by atoms with Gasteiger partial charge >= 0.3 is 12.4 Å². The number of amides is 1. The number of hydrogen-bond acceptors (Lipinski definition) is 2. The van der Waals surface area contributed by atoms with Gasteiger partial charge < -0.3 is 5.32 Å². The Balaban J connectivity index is 2.10. The van der Waals surface area contributed by atoms with E-state index in [0.29, 0.717) is 0 Å². The number of para-hydroxylation sites is 1. The number of rotatable bonds is 4. The molecule has 0 aliphatic heterocycles. The van der Waals surface area contributed by atoms with Crippen molar-refractivity contribution >= 4 is 23.2 Å². The molecule has 4 nitrogen and oxygen atoms in total. The van der Waals surface area contributed by atoms with Crippen molar-refractivity contribution in [3.8, 4) is 0 Å². The van der Waals surface area contributed by atoms with Crippen molar-refractivity contribution < 1.29 is 31.1 Å². The zero-order valence-corrected chi connectivity index (χ0v) is 13.9. The lowest BCUT2D eigenvalue weighted by molar-refractivity contribution is -0.141. The molecule has 0 fully saturated rings. The lowest BCUT2D eigenvalue weighted by Gasteiger charge is -2.13. The third kappa shape index (κ3) is 4.48. The van der Waals surface area contributed by atoms with E-state index in [4.69, 9.17) is 11.6 Å². The van der Waals surface area contributed by atoms with E-state index in [0.717, 1.165) is 16.8 Å². The highest BCUT2D eigenvalue weighted by Crippen LogP contribution is 2.36. The fourth-order valence-corrected chi connectivity index (χ4v) is 2.43. The SMILES string of the molecule is Cc1c(Cl)c(C(F)(F)F)nn1CCC(=O)Nc1ccccc1C(F)(F)F. The number of halogens is 7. The Morgan fingerprint density at radius 3 is 2.31 bits per heavy atom. The minimum atomic E-state index is -4.75. The zero-order valence-electron chi connectivity index (χ0n) is 13.2. The van der Waals surface area contributed by atoms with Gasteiger partial charge in [0, 0.05) is 6.42 Å². The van der Waals surface area contributed by atoms with Gasteiger partial charge in [-0.2, -0.15) is 31.4 Å². The molecule has 0 aliphatic rings. The second-order valence-electron chi connectivity index (χ2n) is 5.31. The average Bonchev–Trinajstić information content (AvgIpc) is 2.80. The van der Waals surface area contributed by atoms with Crippen LogP contribution in [0.25, 0.3) is 0 Å². The van der Waals surface area contributed by atoms with E-state index in [2.05, 4.69) is 10.4 Å². The van der Waals surface area contributed by atoms with Crippen molar-refractivity contribution in [1.29, 1.82) is 0 Å². The highest BCUT2D eigenvalue weighted by atomic mass is 35.5. The summed E-state index contributed by atoms with van der Waals surface area (Å²) >= 11 is 5.59. The quantitative estimate of drug-likeness (QED) is 0.742. The van der Waals surface area contributed by atoms with Crippen LogP contribution in [-0.4, -0.2) is 15.7 Å². The Morgan fingerprint density at radius 1 is 1.15 bits per heavy atom. The van der Waals surface area contributed by atoms with Crippen LogP contribution in [0.1, 0.15) is 23.4 Å². The van der Waals surface area contributed by atoms with Gasteiger partial charge in [0.15, 0.2) is 5.69 Å². The molecule has 1 N–H and O–H groups in total. The van der Waals surface area contributed by atoms with Crippen molar-refractivity contribution in [1.82, 2.24) is 9.78 Å². The number of nitrogens with zero attached hydrogens (tertiary/aromatic N) is 2. The summed E-state index contributed by atoms with van der Waals surface area (Å²) in [7, 11) is 0. The summed E-state index contributed by atoms with van der Waals surface area (Å²) in [5, 5.41) is 4.84. The van der Waals surface area contributed by atoms with Gasteiger partial charge in [-0.05, 0) is 19.1 Å². The van der Waals surface area contributed by atoms with E-state index < -0.39 is 40.2 Å². The maximum Gasteiger partial charge on any atom is 0.436 e. The molecule has 0 spiro atoms. The molecule has 0 aliphatic carbocycles. The zero-order chi connectivity index (χ0) is 19.7. The van der Waals surface area contributed by atoms with Gasteiger partial charge in [-0.25, -0.2) is 0 Å². The number of carbonyl (C=O) groups excluding carboxylic acids is 1. The van der Waals surface area contributed by atoms with Gasteiger partial charge in [0.05, 0.1) is 28.5 Å². The van der Waals surface area contributed by atoms with Gasteiger partial charge in [0.2, 0.25) is 5.91 Å². The number of benzene rings is 1. The summed E-state index contributed by atoms with van der Waals surface area (Å²) < 4.78 is 77.7. The smallest absolute Gasteiger partial charge is 0.325 e. The van der Waals surface area contributed by atoms with Gasteiger partial charge in [-0.3, -0.25) is 9.48 Å². The Hall–Kier alpha value is -2.23. The van der Waals surface area contributed by atoms with E-state index in [1.165, 1.54) is 19.1 Å². The minimum Gasteiger partial charge on any atom is -0.325 e. The van der Waals surface area contributed by atoms with Crippen molar-refractivity contribution in [2.24, 2.45) is 0 Å². The molecule has 142 valence electrons. The first-order valence-electron chi connectivity index (χ1n) is 7.17. The third-order valence-electron chi connectivity index (χ3n) is 3.46. The second-order valence-corrected chi connectivity index (χ2v) is 5.69. The molecule has 0 saturated carbocycles. The molecule has 26 heavy (non-hydrogen) atoms. The van der Waals surface area contributed by atoms with E-state index in [-0.39, 0.29) is 18.7 Å². The summed E-state index contributed by atoms with van der Waals surface area (Å²) in [4.78, 5) is 11.9. The Labute approximate surface area is 148 Å². The van der Waals surface area contributed by atoms with E-state index in [9.17, 15) is 31.1 Å². The van der Waals surface area contributed by atoms with Crippen LogP contribution in [0.3, 0.4) is 0 Å². The lowest BCUT2D eigenvalue weighted by atomic mass is 10.1. The highest BCUT2D eigenvalue weighted by Gasteiger charge is 2.38. The highest BCUT2D eigenvalue weighted by molar-refractivity contribution is 6.31. The number of hydrogen-bond donors (Lipinski definition) is 1. The topological polar surface area (TPSA) is 46.9 Å². The van der Waals surface area contributed by atoms with Crippen molar-refractivity contribution in [2.75, 3.05) is 5.32 Å². The maximum atomic E-state index is 12.9. The molecule has 1 aromatic carbocycles. The third-order valence-corrected chi connectivity index (χ3v) is 3.91. The van der Waals surface area contributed by atoms with Crippen molar-refractivity contribution in [3.05, 3.63) is 46.2 Å². The molecule has 1 amide bonds. The molecule has 0 bridgehead atoms. The van der Waals surface area contributed by atoms with Gasteiger partial charge in [0.25, 0.3) is 0 Å². The maximum absolute atomic E-state index is 12.9. The fourth-order valence-electron chi connectivity index (χ4n) is 2.18. The first kappa shape index (κ1) is 20.1. The van der Waals surface area contributed by atoms with Crippen LogP contribution in [0.4, 0.5) is 32.0 Å². The Morgan fingerprint density at radius 2 is 1.77 bits per heavy atom. The van der Waals surface area contributed by atoms with Gasteiger partial charge in [0.1, 0.15) is 0 Å². The monoisotopic (exact) mass is 399 g/mol. The van der Waals surface area contributed by atoms with E-state index >= 15 is 0 Å². The normalized spacial score (nSPS) is 12.3. The molecule has 2 aromatic rings. The minimum absolute atomic E-state index is 0.00230. The predicted octanol–water partition coefficient (Wildman–Crippen LogP) is 4.91. The lowest BCUT2D eigenvalue weighted by Crippen LogP contribution is -2.18. The molecular weight excluding hydrogens is 388 g/mol. The number of alkyl halides is 6. The summed E-state index contributed by atoms with van der Waals surface area (Å²) in [6.45, 7) is 1.02. The summed E-state index contributed by atoms with van der Waals surface area (Å²) in [6, 6.07) is 4.38. The standard InChI is InChI=1S/C15H12ClF6N3O/c1-8-12(16)13(15(20,21)22)24-25(8)7-6-11(26)23-10-5-3-2-4-9(10)14(17,18)19/h2-5H,6-7H2,1H3,(H,23,26). The molecule has 11 heteroatoms. The molecule has 2 rings (SSSR count). The van der Waals surface area contributed by atoms with E-state index in [1.54, 1.807) is 0 Å². The number of nitrogens with one attached hydrogen (secondary N) is 1. The fraction of sp³-hybridized carbons (Fsp3) is 0.333. The largest absolute Gasteiger partial charge is 0.436 e. The predicted molar refractivity (Wildman–Crippen MR) is 81.7 cm³/mol. The van der Waals surface area contributed by atoms with Crippen LogP contribution in [-0.2, 0) is 23.7 Å². The summed E-state index contributed by atoms with van der Waals surface area (Å²) in [5.41, 5.74) is -2.73. The van der Waals surface area contributed by atoms with Gasteiger partial charge in [-0.1, -0.05) is 23.7 Å². The molecular formula is C15H12ClF6N3O. The first-order valence-corrected chi connectivity index (χ1v) is 7.55. The molecule has 0 saturated heterocycles. The first-order chi connectivity index (χ1) is 11.9. The van der Waals surface area contributed by atoms with Gasteiger partial charge in [-0.15, -0.1) is 0 Å². The van der Waals surface area contributed by atoms with Crippen LogP contribution in [0, 0.1) is 6.92 Å². The number of anilines is 1. The van der Waals surface area contributed by atoms with Crippen LogP contribution < -0.4 is 5.32 Å². The number of aryl methyl sites for hydroxylation is 1. The van der Waals surface area contributed by atoms with Crippen molar-refractivity contribution in [3.63, 3.8) is 0 Å². The Bertz CT molecular complexity index is 813. The number of aromatic nitrogens is 2. The molecule has 1 heterocycles. The summed E-state index contributed by atoms with van der Waals surface area (Å²) in [5.74, 6) is -0.804. The molecule has 1 aromatic heterocycles.